The van der Waals surface area contributed by atoms with E-state index in [1.165, 1.54) is 0 Å². The molecule has 4 nitrogen and oxygen atoms in total. The molecule has 0 unspecified atom stereocenters. The van der Waals surface area contributed by atoms with Gasteiger partial charge in [0.15, 0.2) is 0 Å². The van der Waals surface area contributed by atoms with Gasteiger partial charge in [-0.25, -0.2) is 13.1 Å². The first kappa shape index (κ1) is 14.9. The van der Waals surface area contributed by atoms with Crippen LogP contribution in [0, 0.1) is 6.92 Å². The van der Waals surface area contributed by atoms with Gasteiger partial charge in [0.1, 0.15) is 0 Å². The Morgan fingerprint density at radius 2 is 1.94 bits per heavy atom. The predicted octanol–water partition coefficient (Wildman–Crippen LogP) is 1.60. The van der Waals surface area contributed by atoms with Crippen molar-refractivity contribution in [2.75, 3.05) is 0 Å². The highest BCUT2D eigenvalue weighted by molar-refractivity contribution is 7.89. The zero-order valence-corrected chi connectivity index (χ0v) is 11.4. The summed E-state index contributed by atoms with van der Waals surface area (Å²) in [6.45, 7) is 7.02. The van der Waals surface area contributed by atoms with Crippen LogP contribution < -0.4 is 4.72 Å². The second-order valence-electron chi connectivity index (χ2n) is 4.31. The number of aryl methyl sites for hydroxylation is 1. The minimum absolute atomic E-state index is 0.200. The lowest BCUT2D eigenvalue weighted by molar-refractivity contribution is 0.147. The number of nitrogens with one attached hydrogen (secondary N) is 1. The van der Waals surface area contributed by atoms with Crippen LogP contribution in [0.4, 0.5) is 0 Å². The van der Waals surface area contributed by atoms with Gasteiger partial charge < -0.3 is 5.11 Å². The summed E-state index contributed by atoms with van der Waals surface area (Å²) in [5, 5.41) is 9.67. The van der Waals surface area contributed by atoms with Gasteiger partial charge in [-0.1, -0.05) is 23.8 Å². The summed E-state index contributed by atoms with van der Waals surface area (Å²) in [5.41, 5.74) is 0.994. The monoisotopic (exact) mass is 269 g/mol. The number of hydrogen-bond acceptors (Lipinski definition) is 3. The van der Waals surface area contributed by atoms with Crippen LogP contribution in [-0.2, 0) is 10.0 Å². The lowest BCUT2D eigenvalue weighted by Gasteiger charge is -2.19. The van der Waals surface area contributed by atoms with Crippen molar-refractivity contribution in [3.8, 4) is 0 Å². The molecule has 5 heteroatoms. The zero-order chi connectivity index (χ0) is 13.8. The summed E-state index contributed by atoms with van der Waals surface area (Å²) in [4.78, 5) is 0.200. The molecule has 0 aliphatic heterocycles. The first-order valence-electron chi connectivity index (χ1n) is 5.75. The highest BCUT2D eigenvalue weighted by Crippen LogP contribution is 2.11. The molecule has 0 aromatic heterocycles. The number of benzene rings is 1. The topological polar surface area (TPSA) is 66.4 Å². The molecule has 0 bridgehead atoms. The van der Waals surface area contributed by atoms with E-state index >= 15 is 0 Å². The molecule has 0 amide bonds. The van der Waals surface area contributed by atoms with Gasteiger partial charge in [-0.15, -0.1) is 6.58 Å². The van der Waals surface area contributed by atoms with Crippen molar-refractivity contribution in [2.24, 2.45) is 0 Å². The highest BCUT2D eigenvalue weighted by Gasteiger charge is 2.21. The molecule has 0 saturated heterocycles. The van der Waals surface area contributed by atoms with Crippen molar-refractivity contribution in [1.29, 1.82) is 0 Å². The quantitative estimate of drug-likeness (QED) is 0.771. The largest absolute Gasteiger partial charge is 0.391 e. The fourth-order valence-corrected chi connectivity index (χ4v) is 2.76. The molecular weight excluding hydrogens is 250 g/mol. The average Bonchev–Trinajstić information content (AvgIpc) is 2.29. The minimum Gasteiger partial charge on any atom is -0.391 e. The van der Waals surface area contributed by atoms with Crippen LogP contribution in [0.1, 0.15) is 18.9 Å². The van der Waals surface area contributed by atoms with Gasteiger partial charge in [0, 0.05) is 6.04 Å². The molecule has 0 aliphatic rings. The fraction of sp³-hybridized carbons (Fsp3) is 0.385. The Balaban J connectivity index is 2.82. The van der Waals surface area contributed by atoms with E-state index in [1.807, 2.05) is 6.92 Å². The standard InChI is InChI=1S/C13H19NO3S/c1-4-5-13(15)11(3)14-18(16,17)12-8-6-10(2)7-9-12/h4,6-9,11,13-15H,1,5H2,2-3H3/t11-,13-/m0/s1. The molecule has 0 saturated carbocycles. The number of rotatable bonds is 6. The van der Waals surface area contributed by atoms with E-state index in [2.05, 4.69) is 11.3 Å². The Hall–Kier alpha value is -1.17. The molecule has 0 spiro atoms. The molecule has 1 aromatic rings. The molecule has 0 radical (unpaired) electrons. The van der Waals surface area contributed by atoms with Crippen LogP contribution in [0.25, 0.3) is 0 Å². The average molecular weight is 269 g/mol. The molecule has 0 aliphatic carbocycles. The van der Waals surface area contributed by atoms with E-state index in [1.54, 1.807) is 37.3 Å². The van der Waals surface area contributed by atoms with Crippen LogP contribution in [0.5, 0.6) is 0 Å². The number of aliphatic hydroxyl groups excluding tert-OH is 1. The number of sulfonamides is 1. The van der Waals surface area contributed by atoms with Gasteiger partial charge in [0.25, 0.3) is 0 Å². The highest BCUT2D eigenvalue weighted by atomic mass is 32.2. The lowest BCUT2D eigenvalue weighted by atomic mass is 10.1. The second-order valence-corrected chi connectivity index (χ2v) is 6.03. The first-order chi connectivity index (χ1) is 8.36. The summed E-state index contributed by atoms with van der Waals surface area (Å²) < 4.78 is 26.5. The van der Waals surface area contributed by atoms with E-state index in [9.17, 15) is 13.5 Å². The van der Waals surface area contributed by atoms with Crippen molar-refractivity contribution in [3.63, 3.8) is 0 Å². The summed E-state index contributed by atoms with van der Waals surface area (Å²) in [6.07, 6.45) is 1.13. The van der Waals surface area contributed by atoms with E-state index < -0.39 is 22.2 Å². The predicted molar refractivity (Wildman–Crippen MR) is 71.8 cm³/mol. The van der Waals surface area contributed by atoms with Crippen molar-refractivity contribution >= 4 is 10.0 Å². The summed E-state index contributed by atoms with van der Waals surface area (Å²) in [7, 11) is -3.58. The number of hydrogen-bond donors (Lipinski definition) is 2. The van der Waals surface area contributed by atoms with E-state index in [0.29, 0.717) is 6.42 Å². The smallest absolute Gasteiger partial charge is 0.240 e. The van der Waals surface area contributed by atoms with E-state index in [4.69, 9.17) is 0 Å². The van der Waals surface area contributed by atoms with Gasteiger partial charge in [-0.2, -0.15) is 0 Å². The summed E-state index contributed by atoms with van der Waals surface area (Å²) >= 11 is 0. The van der Waals surface area contributed by atoms with Crippen molar-refractivity contribution in [2.45, 2.75) is 37.3 Å². The van der Waals surface area contributed by atoms with Gasteiger partial charge >= 0.3 is 0 Å². The summed E-state index contributed by atoms with van der Waals surface area (Å²) in [6, 6.07) is 6.00. The minimum atomic E-state index is -3.58. The second kappa shape index (κ2) is 6.13. The van der Waals surface area contributed by atoms with Crippen molar-refractivity contribution in [3.05, 3.63) is 42.5 Å². The molecule has 2 atom stereocenters. The van der Waals surface area contributed by atoms with Crippen LogP contribution in [0.3, 0.4) is 0 Å². The third-order valence-corrected chi connectivity index (χ3v) is 4.23. The maximum Gasteiger partial charge on any atom is 0.240 e. The molecular formula is C13H19NO3S. The van der Waals surface area contributed by atoms with E-state index in [0.717, 1.165) is 5.56 Å². The number of aliphatic hydroxyl groups is 1. The lowest BCUT2D eigenvalue weighted by Crippen LogP contribution is -2.40. The van der Waals surface area contributed by atoms with Crippen LogP contribution in [0.2, 0.25) is 0 Å². The normalized spacial score (nSPS) is 15.1. The fourth-order valence-electron chi connectivity index (χ4n) is 1.48. The molecule has 18 heavy (non-hydrogen) atoms. The Morgan fingerprint density at radius 1 is 1.39 bits per heavy atom. The Labute approximate surface area is 108 Å². The van der Waals surface area contributed by atoms with E-state index in [-0.39, 0.29) is 4.90 Å². The zero-order valence-electron chi connectivity index (χ0n) is 10.6. The van der Waals surface area contributed by atoms with Crippen molar-refractivity contribution < 1.29 is 13.5 Å². The van der Waals surface area contributed by atoms with Gasteiger partial charge in [-0.3, -0.25) is 0 Å². The Morgan fingerprint density at radius 3 is 2.44 bits per heavy atom. The van der Waals surface area contributed by atoms with Gasteiger partial charge in [0.2, 0.25) is 10.0 Å². The van der Waals surface area contributed by atoms with Crippen molar-refractivity contribution in [1.82, 2.24) is 4.72 Å². The maximum absolute atomic E-state index is 12.0. The Kier molecular flexibility index (Phi) is 5.07. The van der Waals surface area contributed by atoms with Crippen LogP contribution in [-0.4, -0.2) is 25.7 Å². The molecule has 0 fully saturated rings. The molecule has 0 heterocycles. The summed E-state index contributed by atoms with van der Waals surface area (Å²) in [5.74, 6) is 0. The molecule has 1 aromatic carbocycles. The first-order valence-corrected chi connectivity index (χ1v) is 7.23. The van der Waals surface area contributed by atoms with Crippen LogP contribution >= 0.6 is 0 Å². The Bertz CT molecular complexity index is 493. The third-order valence-electron chi connectivity index (χ3n) is 2.66. The molecule has 1 rings (SSSR count). The maximum atomic E-state index is 12.0. The molecule has 2 N–H and O–H groups in total. The van der Waals surface area contributed by atoms with Gasteiger partial charge in [0.05, 0.1) is 11.0 Å². The van der Waals surface area contributed by atoms with Gasteiger partial charge in [-0.05, 0) is 32.4 Å². The molecule has 100 valence electrons. The van der Waals surface area contributed by atoms with Crippen LogP contribution in [0.15, 0.2) is 41.8 Å². The third kappa shape index (κ3) is 3.94. The SMILES string of the molecule is C=CC[C@H](O)[C@H](C)NS(=O)(=O)c1ccc(C)cc1.